The molecular formula is C7H10N5O+. The molecule has 0 aliphatic rings. The van der Waals surface area contributed by atoms with Crippen molar-refractivity contribution in [2.45, 2.75) is 0 Å². The maximum atomic E-state index is 11.6. The van der Waals surface area contributed by atoms with Crippen LogP contribution in [-0.4, -0.2) is 14.5 Å². The Labute approximate surface area is 77.8 Å². The molecule has 6 nitrogen and oxygen atoms in total. The van der Waals surface area contributed by atoms with Gasteiger partial charge in [-0.25, -0.2) is 4.57 Å². The van der Waals surface area contributed by atoms with Gasteiger partial charge in [0, 0.05) is 0 Å². The van der Waals surface area contributed by atoms with Gasteiger partial charge in [-0.2, -0.15) is 0 Å². The van der Waals surface area contributed by atoms with Crippen molar-refractivity contribution in [3.05, 3.63) is 16.7 Å². The number of H-pyrrole nitrogens is 1. The molecule has 0 saturated carbocycles. The third kappa shape index (κ3) is 0.986. The van der Waals surface area contributed by atoms with Crippen LogP contribution >= 0.6 is 0 Å². The predicted molar refractivity (Wildman–Crippen MR) is 46.9 cm³/mol. The van der Waals surface area contributed by atoms with Crippen molar-refractivity contribution in [1.82, 2.24) is 14.5 Å². The summed E-state index contributed by atoms with van der Waals surface area (Å²) >= 11 is 0. The summed E-state index contributed by atoms with van der Waals surface area (Å²) in [6.45, 7) is -2.43. The number of nitrogen functional groups attached to an aromatic ring is 1. The summed E-state index contributed by atoms with van der Waals surface area (Å²) in [5.74, 6) is -0.0450. The summed E-state index contributed by atoms with van der Waals surface area (Å²) < 4.78 is 24.2. The molecule has 3 N–H and O–H groups in total. The molecule has 0 aliphatic heterocycles. The van der Waals surface area contributed by atoms with Gasteiger partial charge in [-0.3, -0.25) is 14.3 Å². The van der Waals surface area contributed by atoms with Gasteiger partial charge in [-0.15, -0.1) is 0 Å². The summed E-state index contributed by atoms with van der Waals surface area (Å²) in [6, 6.07) is 0. The van der Waals surface area contributed by atoms with E-state index in [9.17, 15) is 4.79 Å². The molecule has 0 radical (unpaired) electrons. The van der Waals surface area contributed by atoms with Gasteiger partial charge in [-0.05, 0) is 0 Å². The number of aromatic amines is 1. The lowest BCUT2D eigenvalue weighted by Crippen LogP contribution is -2.27. The standard InChI is InChI=1S/C7H9N5O/c1-11-3-12(2)5-4(11)6(13)10-7(8)9-5/h3H,1-2H3,(H2-,8,9,10,13)/p+1/i1D3. The Morgan fingerprint density at radius 1 is 1.85 bits per heavy atom. The molecule has 2 heterocycles. The highest BCUT2D eigenvalue weighted by Crippen LogP contribution is 2.00. The Bertz CT molecular complexity index is 611. The first-order chi connectivity index (χ1) is 7.30. The maximum absolute atomic E-state index is 11.6. The second-order valence-electron chi connectivity index (χ2n) is 2.72. The van der Waals surface area contributed by atoms with Crippen molar-refractivity contribution in [2.75, 3.05) is 5.73 Å². The quantitative estimate of drug-likeness (QED) is 0.496. The van der Waals surface area contributed by atoms with E-state index < -0.39 is 12.5 Å². The first kappa shape index (κ1) is 5.00. The van der Waals surface area contributed by atoms with E-state index >= 15 is 0 Å². The van der Waals surface area contributed by atoms with Crippen molar-refractivity contribution in [2.24, 2.45) is 14.0 Å². The van der Waals surface area contributed by atoms with Crippen molar-refractivity contribution in [1.29, 1.82) is 0 Å². The minimum atomic E-state index is -2.43. The van der Waals surface area contributed by atoms with Crippen LogP contribution in [0.4, 0.5) is 5.95 Å². The van der Waals surface area contributed by atoms with E-state index in [0.717, 1.165) is 4.57 Å². The highest BCUT2D eigenvalue weighted by atomic mass is 16.1. The Morgan fingerprint density at radius 3 is 3.31 bits per heavy atom. The fourth-order valence-corrected chi connectivity index (χ4v) is 1.22. The molecule has 0 unspecified atom stereocenters. The number of hydrogen-bond donors (Lipinski definition) is 2. The number of aryl methyl sites for hydroxylation is 2. The second-order valence-corrected chi connectivity index (χ2v) is 2.72. The number of anilines is 1. The van der Waals surface area contributed by atoms with Crippen LogP contribution in [0.5, 0.6) is 0 Å². The lowest BCUT2D eigenvalue weighted by atomic mass is 10.5. The fraction of sp³-hybridized carbons (Fsp3) is 0.286. The van der Waals surface area contributed by atoms with Crippen LogP contribution < -0.4 is 15.9 Å². The van der Waals surface area contributed by atoms with Gasteiger partial charge in [0.25, 0.3) is 11.5 Å². The molecule has 2 rings (SSSR count). The van der Waals surface area contributed by atoms with Crippen LogP contribution in [0, 0.1) is 0 Å². The summed E-state index contributed by atoms with van der Waals surface area (Å²) in [4.78, 5) is 17.8. The van der Waals surface area contributed by atoms with E-state index in [1.54, 1.807) is 7.05 Å². The normalized spacial score (nSPS) is 15.3. The molecule has 0 aromatic carbocycles. The smallest absolute Gasteiger partial charge is 0.311 e. The minimum Gasteiger partial charge on any atom is -0.355 e. The molecular weight excluding hydrogens is 170 g/mol. The van der Waals surface area contributed by atoms with Crippen molar-refractivity contribution in [3.63, 3.8) is 0 Å². The van der Waals surface area contributed by atoms with Crippen molar-refractivity contribution in [3.8, 4) is 0 Å². The Hall–Kier alpha value is -1.85. The van der Waals surface area contributed by atoms with E-state index in [0.29, 0.717) is 0 Å². The van der Waals surface area contributed by atoms with Gasteiger partial charge >= 0.3 is 5.65 Å². The second kappa shape index (κ2) is 2.32. The molecule has 0 atom stereocenters. The molecule has 0 bridgehead atoms. The molecule has 0 saturated heterocycles. The number of nitrogens with one attached hydrogen (secondary N) is 1. The molecule has 68 valence electrons. The van der Waals surface area contributed by atoms with Crippen LogP contribution in [0.3, 0.4) is 0 Å². The average molecular weight is 183 g/mol. The SMILES string of the molecule is [2H]C([2H])([2H])n1c[n+](C)c2nc(N)[nH]c(=O)c21. The molecule has 13 heavy (non-hydrogen) atoms. The maximum Gasteiger partial charge on any atom is 0.311 e. The number of nitrogens with two attached hydrogens (primary N) is 1. The van der Waals surface area contributed by atoms with E-state index in [4.69, 9.17) is 9.85 Å². The Morgan fingerprint density at radius 2 is 2.62 bits per heavy atom. The zero-order valence-electron chi connectivity index (χ0n) is 9.90. The van der Waals surface area contributed by atoms with Crippen LogP contribution in [0.25, 0.3) is 11.2 Å². The van der Waals surface area contributed by atoms with Gasteiger partial charge in [0.1, 0.15) is 0 Å². The van der Waals surface area contributed by atoms with Crippen LogP contribution in [0.1, 0.15) is 4.11 Å². The average Bonchev–Trinajstić information content (AvgIpc) is 2.43. The summed E-state index contributed by atoms with van der Waals surface area (Å²) in [6.07, 6.45) is 1.29. The first-order valence-corrected chi connectivity index (χ1v) is 3.57. The molecule has 0 spiro atoms. The van der Waals surface area contributed by atoms with Gasteiger partial charge in [0.2, 0.25) is 5.52 Å². The predicted octanol–water partition coefficient (Wildman–Crippen LogP) is -1.33. The van der Waals surface area contributed by atoms with E-state index in [1.807, 2.05) is 0 Å². The fourth-order valence-electron chi connectivity index (χ4n) is 1.22. The number of rotatable bonds is 0. The summed E-state index contributed by atoms with van der Waals surface area (Å²) in [5.41, 5.74) is 5.03. The number of aromatic nitrogens is 4. The lowest BCUT2D eigenvalue weighted by molar-refractivity contribution is -0.647. The Balaban J connectivity index is 2.95. The summed E-state index contributed by atoms with van der Waals surface area (Å²) in [7, 11) is 1.59. The van der Waals surface area contributed by atoms with Crippen molar-refractivity contribution >= 4 is 17.1 Å². The molecule has 0 amide bonds. The van der Waals surface area contributed by atoms with Gasteiger partial charge < -0.3 is 5.73 Å². The molecule has 2 aromatic rings. The van der Waals surface area contributed by atoms with E-state index in [-0.39, 0.29) is 17.1 Å². The molecule has 0 aliphatic carbocycles. The largest absolute Gasteiger partial charge is 0.355 e. The third-order valence-electron chi connectivity index (χ3n) is 1.76. The molecule has 2 aromatic heterocycles. The van der Waals surface area contributed by atoms with Gasteiger partial charge in [0.15, 0.2) is 6.33 Å². The zero-order chi connectivity index (χ0) is 12.1. The van der Waals surface area contributed by atoms with Gasteiger partial charge in [0.05, 0.1) is 18.1 Å². The summed E-state index contributed by atoms with van der Waals surface area (Å²) in [5, 5.41) is 0. The van der Waals surface area contributed by atoms with Crippen LogP contribution in [0.15, 0.2) is 11.1 Å². The topological polar surface area (TPSA) is 80.6 Å². The first-order valence-electron chi connectivity index (χ1n) is 5.07. The molecule has 6 heteroatoms. The number of hydrogen-bond acceptors (Lipinski definition) is 3. The van der Waals surface area contributed by atoms with Crippen LogP contribution in [-0.2, 0) is 14.0 Å². The monoisotopic (exact) mass is 183 g/mol. The van der Waals surface area contributed by atoms with E-state index in [1.165, 1.54) is 10.9 Å². The zero-order valence-corrected chi connectivity index (χ0v) is 6.90. The van der Waals surface area contributed by atoms with Crippen molar-refractivity contribution < 1.29 is 8.68 Å². The highest BCUT2D eigenvalue weighted by Gasteiger charge is 2.16. The Kier molecular flexibility index (Phi) is 0.892. The highest BCUT2D eigenvalue weighted by molar-refractivity contribution is 5.66. The third-order valence-corrected chi connectivity index (χ3v) is 1.76. The van der Waals surface area contributed by atoms with Gasteiger partial charge in [-0.1, -0.05) is 4.98 Å². The number of nitrogens with zero attached hydrogens (tertiary/aromatic N) is 3. The van der Waals surface area contributed by atoms with E-state index in [2.05, 4.69) is 9.97 Å². The molecule has 0 fully saturated rings. The van der Waals surface area contributed by atoms with Crippen LogP contribution in [0.2, 0.25) is 0 Å². The number of fused-ring (bicyclic) bond motifs is 1. The number of imidazole rings is 1. The minimum absolute atomic E-state index is 0.0169. The lowest BCUT2D eigenvalue weighted by Gasteiger charge is -1.87.